The Morgan fingerprint density at radius 1 is 1.27 bits per heavy atom. The van der Waals surface area contributed by atoms with E-state index in [-0.39, 0.29) is 29.6 Å². The van der Waals surface area contributed by atoms with Crippen LogP contribution in [0.25, 0.3) is 0 Å². The van der Waals surface area contributed by atoms with Gasteiger partial charge in [0.2, 0.25) is 0 Å². The quantitative estimate of drug-likeness (QED) is 0.413. The van der Waals surface area contributed by atoms with Crippen molar-refractivity contribution in [3.63, 3.8) is 0 Å². The smallest absolute Gasteiger partial charge is 0.346 e. The third-order valence-corrected chi connectivity index (χ3v) is 4.05. The number of amides is 1. The van der Waals surface area contributed by atoms with Crippen LogP contribution in [0, 0.1) is 10.1 Å². The Hall–Kier alpha value is -2.84. The number of methoxy groups -OCH3 is 1. The monoisotopic (exact) mass is 366 g/mol. The van der Waals surface area contributed by atoms with Gasteiger partial charge < -0.3 is 19.1 Å². The van der Waals surface area contributed by atoms with Gasteiger partial charge in [0.15, 0.2) is 17.6 Å². The number of hydrogen-bond acceptors (Lipinski definition) is 7. The molecule has 0 bridgehead atoms. The van der Waals surface area contributed by atoms with E-state index in [1.54, 1.807) is 11.8 Å². The van der Waals surface area contributed by atoms with Crippen molar-refractivity contribution in [1.29, 1.82) is 0 Å². The lowest BCUT2D eigenvalue weighted by Gasteiger charge is -2.20. The number of nitro groups is 1. The van der Waals surface area contributed by atoms with Crippen molar-refractivity contribution in [3.8, 4) is 11.5 Å². The van der Waals surface area contributed by atoms with Crippen LogP contribution in [0.3, 0.4) is 0 Å². The summed E-state index contributed by atoms with van der Waals surface area (Å²) in [5.41, 5.74) is -0.767. The standard InChI is InChI=1S/C17H22N2O7/c1-4-25-15-9-12(13(19(22)23)10-14(15)24-3)17(21)26-11(2)16(20)18-7-5-6-8-18/h9-11H,4-8H2,1-3H3/t11-/m0/s1. The largest absolute Gasteiger partial charge is 0.493 e. The van der Waals surface area contributed by atoms with Gasteiger partial charge in [-0.15, -0.1) is 0 Å². The molecular weight excluding hydrogens is 344 g/mol. The van der Waals surface area contributed by atoms with E-state index in [4.69, 9.17) is 14.2 Å². The predicted octanol–water partition coefficient (Wildman–Crippen LogP) is 2.17. The van der Waals surface area contributed by atoms with Gasteiger partial charge in [0.25, 0.3) is 11.6 Å². The molecule has 0 saturated carbocycles. The van der Waals surface area contributed by atoms with Crippen LogP contribution in [0.1, 0.15) is 37.0 Å². The number of carbonyl (C=O) groups is 2. The highest BCUT2D eigenvalue weighted by atomic mass is 16.6. The summed E-state index contributed by atoms with van der Waals surface area (Å²) in [6.45, 7) is 4.72. The first-order valence-corrected chi connectivity index (χ1v) is 8.38. The van der Waals surface area contributed by atoms with Gasteiger partial charge >= 0.3 is 5.97 Å². The van der Waals surface area contributed by atoms with E-state index in [0.29, 0.717) is 13.1 Å². The molecule has 0 aromatic heterocycles. The zero-order valence-electron chi connectivity index (χ0n) is 15.0. The minimum Gasteiger partial charge on any atom is -0.493 e. The van der Waals surface area contributed by atoms with Gasteiger partial charge in [-0.25, -0.2) is 4.79 Å². The lowest BCUT2D eigenvalue weighted by atomic mass is 10.1. The summed E-state index contributed by atoms with van der Waals surface area (Å²) in [7, 11) is 1.34. The van der Waals surface area contributed by atoms with E-state index in [1.807, 2.05) is 0 Å². The molecule has 26 heavy (non-hydrogen) atoms. The summed E-state index contributed by atoms with van der Waals surface area (Å²) in [5, 5.41) is 11.3. The first-order valence-electron chi connectivity index (χ1n) is 8.38. The van der Waals surface area contributed by atoms with E-state index in [1.165, 1.54) is 20.1 Å². The summed E-state index contributed by atoms with van der Waals surface area (Å²) in [4.78, 5) is 37.0. The average molecular weight is 366 g/mol. The number of ether oxygens (including phenoxy) is 3. The van der Waals surface area contributed by atoms with Crippen LogP contribution in [0.15, 0.2) is 12.1 Å². The normalized spacial score (nSPS) is 14.7. The first kappa shape index (κ1) is 19.5. The molecule has 1 aromatic carbocycles. The third kappa shape index (κ3) is 4.22. The minimum atomic E-state index is -1.03. The average Bonchev–Trinajstić information content (AvgIpc) is 3.15. The van der Waals surface area contributed by atoms with Crippen LogP contribution in [0.5, 0.6) is 11.5 Å². The Bertz CT molecular complexity index is 699. The predicted molar refractivity (Wildman–Crippen MR) is 91.5 cm³/mol. The molecule has 142 valence electrons. The molecule has 0 aliphatic carbocycles. The molecule has 1 aliphatic heterocycles. The molecule has 1 aromatic rings. The Kier molecular flexibility index (Phi) is 6.37. The molecule has 1 heterocycles. The van der Waals surface area contributed by atoms with Crippen LogP contribution in [0.4, 0.5) is 5.69 Å². The Labute approximate surface area is 151 Å². The van der Waals surface area contributed by atoms with Gasteiger partial charge in [-0.1, -0.05) is 0 Å². The van der Waals surface area contributed by atoms with Crippen molar-refractivity contribution in [2.75, 3.05) is 26.8 Å². The minimum absolute atomic E-state index is 0.135. The molecular formula is C17H22N2O7. The fourth-order valence-corrected chi connectivity index (χ4v) is 2.76. The van der Waals surface area contributed by atoms with Crippen LogP contribution >= 0.6 is 0 Å². The van der Waals surface area contributed by atoms with Crippen molar-refractivity contribution < 1.29 is 28.7 Å². The number of carbonyl (C=O) groups excluding carboxylic acids is 2. The summed E-state index contributed by atoms with van der Waals surface area (Å²) in [6.07, 6.45) is 0.792. The van der Waals surface area contributed by atoms with Crippen molar-refractivity contribution in [2.45, 2.75) is 32.8 Å². The van der Waals surface area contributed by atoms with Gasteiger partial charge in [0, 0.05) is 19.2 Å². The van der Waals surface area contributed by atoms with Crippen LogP contribution in [0.2, 0.25) is 0 Å². The lowest BCUT2D eigenvalue weighted by Crippen LogP contribution is -2.38. The number of nitro benzene ring substituents is 1. The number of likely N-dealkylation sites (tertiary alicyclic amines) is 1. The molecule has 1 aliphatic rings. The topological polar surface area (TPSA) is 108 Å². The van der Waals surface area contributed by atoms with Gasteiger partial charge in [0.1, 0.15) is 5.56 Å². The van der Waals surface area contributed by atoms with Gasteiger partial charge in [0.05, 0.1) is 24.7 Å². The van der Waals surface area contributed by atoms with Crippen LogP contribution < -0.4 is 9.47 Å². The second-order valence-electron chi connectivity index (χ2n) is 5.79. The maximum atomic E-state index is 12.5. The summed E-state index contributed by atoms with van der Waals surface area (Å²) in [5.74, 6) is -0.945. The summed E-state index contributed by atoms with van der Waals surface area (Å²) in [6, 6.07) is 2.31. The second kappa shape index (κ2) is 8.50. The van der Waals surface area contributed by atoms with E-state index < -0.39 is 22.7 Å². The molecule has 1 fully saturated rings. The maximum absolute atomic E-state index is 12.5. The number of esters is 1. The Balaban J connectivity index is 2.26. The molecule has 0 unspecified atom stereocenters. The molecule has 1 amide bonds. The van der Waals surface area contributed by atoms with Crippen LogP contribution in [-0.2, 0) is 9.53 Å². The molecule has 9 nitrogen and oxygen atoms in total. The fraction of sp³-hybridized carbons (Fsp3) is 0.529. The molecule has 2 rings (SSSR count). The zero-order chi connectivity index (χ0) is 19.3. The van der Waals surface area contributed by atoms with Gasteiger partial charge in [-0.2, -0.15) is 0 Å². The molecule has 0 N–H and O–H groups in total. The van der Waals surface area contributed by atoms with Gasteiger partial charge in [-0.3, -0.25) is 14.9 Å². The van der Waals surface area contributed by atoms with Crippen molar-refractivity contribution >= 4 is 17.6 Å². The van der Waals surface area contributed by atoms with E-state index >= 15 is 0 Å². The molecule has 1 atom stereocenters. The van der Waals surface area contributed by atoms with Crippen LogP contribution in [-0.4, -0.2) is 54.6 Å². The molecule has 9 heteroatoms. The Morgan fingerprint density at radius 2 is 1.92 bits per heavy atom. The number of hydrogen-bond donors (Lipinski definition) is 0. The SMILES string of the molecule is CCOc1cc(C(=O)O[C@@H](C)C(=O)N2CCCC2)c([N+](=O)[O-])cc1OC. The van der Waals surface area contributed by atoms with Crippen molar-refractivity contribution in [2.24, 2.45) is 0 Å². The van der Waals surface area contributed by atoms with E-state index in [0.717, 1.165) is 18.9 Å². The number of rotatable bonds is 7. The van der Waals surface area contributed by atoms with Crippen molar-refractivity contribution in [1.82, 2.24) is 4.90 Å². The zero-order valence-corrected chi connectivity index (χ0v) is 15.0. The van der Waals surface area contributed by atoms with Gasteiger partial charge in [-0.05, 0) is 26.7 Å². The number of nitrogens with zero attached hydrogens (tertiary/aromatic N) is 2. The second-order valence-corrected chi connectivity index (χ2v) is 5.79. The highest BCUT2D eigenvalue weighted by molar-refractivity contribution is 5.96. The fourth-order valence-electron chi connectivity index (χ4n) is 2.76. The first-order chi connectivity index (χ1) is 12.4. The lowest BCUT2D eigenvalue weighted by molar-refractivity contribution is -0.385. The summed E-state index contributed by atoms with van der Waals surface area (Å²) < 4.78 is 15.6. The van der Waals surface area contributed by atoms with E-state index in [2.05, 4.69) is 0 Å². The number of benzene rings is 1. The Morgan fingerprint density at radius 3 is 2.46 bits per heavy atom. The molecule has 1 saturated heterocycles. The highest BCUT2D eigenvalue weighted by Gasteiger charge is 2.30. The molecule has 0 radical (unpaired) electrons. The maximum Gasteiger partial charge on any atom is 0.346 e. The van der Waals surface area contributed by atoms with Crippen molar-refractivity contribution in [3.05, 3.63) is 27.8 Å². The summed E-state index contributed by atoms with van der Waals surface area (Å²) >= 11 is 0. The molecule has 0 spiro atoms. The highest BCUT2D eigenvalue weighted by Crippen LogP contribution is 2.35. The third-order valence-electron chi connectivity index (χ3n) is 4.05. The van der Waals surface area contributed by atoms with E-state index in [9.17, 15) is 19.7 Å².